The summed E-state index contributed by atoms with van der Waals surface area (Å²) in [6.45, 7) is 6.83. The van der Waals surface area contributed by atoms with E-state index in [-0.39, 0.29) is 11.3 Å². The highest BCUT2D eigenvalue weighted by atomic mass is 35.5. The van der Waals surface area contributed by atoms with E-state index in [4.69, 9.17) is 16.3 Å². The van der Waals surface area contributed by atoms with Gasteiger partial charge in [-0.05, 0) is 35.6 Å². The van der Waals surface area contributed by atoms with Gasteiger partial charge in [0.1, 0.15) is 0 Å². The minimum atomic E-state index is 0.112. The summed E-state index contributed by atoms with van der Waals surface area (Å²) < 4.78 is 5.41. The molecule has 0 aliphatic rings. The molecule has 2 aromatic rings. The van der Waals surface area contributed by atoms with Gasteiger partial charge in [0, 0.05) is 5.69 Å². The molecular formula is C15H19ClN4O. The monoisotopic (exact) mass is 306 g/mol. The first-order chi connectivity index (χ1) is 10.1. The van der Waals surface area contributed by atoms with E-state index < -0.39 is 0 Å². The standard InChI is InChI=1S/C15H19ClN4O/c1-4-9-21-15-19-13(16)18-14(20-15)17-12-8-6-5-7-11(12)10(2)3/h5-8,10H,4,9H2,1-3H3,(H,17,18,19,20). The highest BCUT2D eigenvalue weighted by Crippen LogP contribution is 2.26. The summed E-state index contributed by atoms with van der Waals surface area (Å²) in [6.07, 6.45) is 0.877. The summed E-state index contributed by atoms with van der Waals surface area (Å²) in [5.74, 6) is 0.774. The molecule has 0 fully saturated rings. The van der Waals surface area contributed by atoms with Crippen LogP contribution in [0.4, 0.5) is 11.6 Å². The Labute approximate surface area is 129 Å². The quantitative estimate of drug-likeness (QED) is 0.867. The predicted molar refractivity (Wildman–Crippen MR) is 84.4 cm³/mol. The van der Waals surface area contributed by atoms with Crippen LogP contribution in [0.2, 0.25) is 5.28 Å². The molecule has 0 atom stereocenters. The molecule has 0 aliphatic heterocycles. The van der Waals surface area contributed by atoms with Crippen molar-refractivity contribution in [2.45, 2.75) is 33.1 Å². The number of nitrogens with zero attached hydrogens (tertiary/aromatic N) is 3. The van der Waals surface area contributed by atoms with Crippen LogP contribution in [0.15, 0.2) is 24.3 Å². The minimum Gasteiger partial charge on any atom is -0.463 e. The van der Waals surface area contributed by atoms with Gasteiger partial charge < -0.3 is 10.1 Å². The third-order valence-electron chi connectivity index (χ3n) is 2.85. The zero-order valence-corrected chi connectivity index (χ0v) is 13.2. The maximum absolute atomic E-state index is 5.92. The van der Waals surface area contributed by atoms with Crippen molar-refractivity contribution >= 4 is 23.2 Å². The fourth-order valence-electron chi connectivity index (χ4n) is 1.88. The Bertz CT molecular complexity index is 604. The molecule has 0 unspecified atom stereocenters. The average molecular weight is 307 g/mol. The number of benzene rings is 1. The average Bonchev–Trinajstić information content (AvgIpc) is 2.45. The van der Waals surface area contributed by atoms with Gasteiger partial charge in [0.25, 0.3) is 0 Å². The summed E-state index contributed by atoms with van der Waals surface area (Å²) in [6, 6.07) is 8.27. The van der Waals surface area contributed by atoms with Crippen molar-refractivity contribution in [1.82, 2.24) is 15.0 Å². The molecule has 6 heteroatoms. The van der Waals surface area contributed by atoms with Gasteiger partial charge in [0.15, 0.2) is 0 Å². The van der Waals surface area contributed by atoms with Crippen LogP contribution in [0.3, 0.4) is 0 Å². The number of hydrogen-bond donors (Lipinski definition) is 1. The first kappa shape index (κ1) is 15.5. The van der Waals surface area contributed by atoms with Gasteiger partial charge in [-0.2, -0.15) is 15.0 Å². The van der Waals surface area contributed by atoms with Gasteiger partial charge >= 0.3 is 6.01 Å². The Morgan fingerprint density at radius 2 is 1.95 bits per heavy atom. The number of halogens is 1. The van der Waals surface area contributed by atoms with E-state index in [1.807, 2.05) is 25.1 Å². The Hall–Kier alpha value is -1.88. The van der Waals surface area contributed by atoms with Crippen molar-refractivity contribution in [3.63, 3.8) is 0 Å². The largest absolute Gasteiger partial charge is 0.463 e. The number of hydrogen-bond acceptors (Lipinski definition) is 5. The van der Waals surface area contributed by atoms with E-state index in [0.717, 1.165) is 12.1 Å². The first-order valence-corrected chi connectivity index (χ1v) is 7.38. The summed E-state index contributed by atoms with van der Waals surface area (Å²) in [4.78, 5) is 12.3. The van der Waals surface area contributed by atoms with Crippen molar-refractivity contribution in [3.05, 3.63) is 35.1 Å². The molecular weight excluding hydrogens is 288 g/mol. The lowest BCUT2D eigenvalue weighted by Crippen LogP contribution is -2.06. The number of aromatic nitrogens is 3. The Morgan fingerprint density at radius 1 is 1.19 bits per heavy atom. The van der Waals surface area contributed by atoms with E-state index >= 15 is 0 Å². The molecule has 5 nitrogen and oxygen atoms in total. The van der Waals surface area contributed by atoms with Crippen LogP contribution in [0.25, 0.3) is 0 Å². The maximum Gasteiger partial charge on any atom is 0.322 e. The second-order valence-corrected chi connectivity index (χ2v) is 5.26. The first-order valence-electron chi connectivity index (χ1n) is 7.00. The summed E-state index contributed by atoms with van der Waals surface area (Å²) in [5.41, 5.74) is 2.14. The van der Waals surface area contributed by atoms with Crippen LogP contribution in [-0.4, -0.2) is 21.6 Å². The van der Waals surface area contributed by atoms with Gasteiger partial charge in [0.2, 0.25) is 11.2 Å². The van der Waals surface area contributed by atoms with Crippen molar-refractivity contribution in [3.8, 4) is 6.01 Å². The summed E-state index contributed by atoms with van der Waals surface area (Å²) >= 11 is 5.92. The Morgan fingerprint density at radius 3 is 2.67 bits per heavy atom. The lowest BCUT2D eigenvalue weighted by molar-refractivity contribution is 0.292. The fraction of sp³-hybridized carbons (Fsp3) is 0.400. The normalized spacial score (nSPS) is 10.7. The van der Waals surface area contributed by atoms with E-state index in [2.05, 4.69) is 40.2 Å². The molecule has 2 rings (SSSR count). The summed E-state index contributed by atoms with van der Waals surface area (Å²) in [7, 11) is 0. The number of anilines is 2. The lowest BCUT2D eigenvalue weighted by atomic mass is 10.0. The lowest BCUT2D eigenvalue weighted by Gasteiger charge is -2.13. The summed E-state index contributed by atoms with van der Waals surface area (Å²) in [5, 5.41) is 3.30. The van der Waals surface area contributed by atoms with Gasteiger partial charge in [0.05, 0.1) is 6.61 Å². The molecule has 1 aromatic heterocycles. The third kappa shape index (κ3) is 4.29. The second-order valence-electron chi connectivity index (χ2n) is 4.93. The topological polar surface area (TPSA) is 59.9 Å². The molecule has 1 aromatic carbocycles. The Balaban J connectivity index is 2.25. The van der Waals surface area contributed by atoms with Crippen LogP contribution < -0.4 is 10.1 Å². The molecule has 0 saturated heterocycles. The van der Waals surface area contributed by atoms with E-state index in [0.29, 0.717) is 18.5 Å². The SMILES string of the molecule is CCCOc1nc(Cl)nc(Nc2ccccc2C(C)C)n1. The highest BCUT2D eigenvalue weighted by Gasteiger charge is 2.10. The number of ether oxygens (including phenoxy) is 1. The van der Waals surface area contributed by atoms with Crippen molar-refractivity contribution in [1.29, 1.82) is 0 Å². The number of rotatable bonds is 6. The van der Waals surface area contributed by atoms with Crippen LogP contribution in [0.1, 0.15) is 38.7 Å². The molecule has 0 aliphatic carbocycles. The molecule has 0 saturated carbocycles. The minimum absolute atomic E-state index is 0.112. The van der Waals surface area contributed by atoms with Crippen molar-refractivity contribution < 1.29 is 4.74 Å². The molecule has 0 radical (unpaired) electrons. The smallest absolute Gasteiger partial charge is 0.322 e. The molecule has 0 amide bonds. The van der Waals surface area contributed by atoms with Crippen LogP contribution in [0.5, 0.6) is 6.01 Å². The van der Waals surface area contributed by atoms with E-state index in [9.17, 15) is 0 Å². The van der Waals surface area contributed by atoms with Crippen LogP contribution in [0, 0.1) is 0 Å². The molecule has 1 heterocycles. The molecule has 0 bridgehead atoms. The maximum atomic E-state index is 5.92. The van der Waals surface area contributed by atoms with E-state index in [1.165, 1.54) is 5.56 Å². The van der Waals surface area contributed by atoms with Gasteiger partial charge in [-0.15, -0.1) is 0 Å². The zero-order valence-electron chi connectivity index (χ0n) is 12.4. The molecule has 0 spiro atoms. The third-order valence-corrected chi connectivity index (χ3v) is 3.02. The van der Waals surface area contributed by atoms with Crippen LogP contribution >= 0.6 is 11.6 Å². The molecule has 112 valence electrons. The highest BCUT2D eigenvalue weighted by molar-refractivity contribution is 6.28. The van der Waals surface area contributed by atoms with Crippen molar-refractivity contribution in [2.24, 2.45) is 0 Å². The number of para-hydroxylation sites is 1. The second kappa shape index (κ2) is 7.22. The van der Waals surface area contributed by atoms with Crippen LogP contribution in [-0.2, 0) is 0 Å². The van der Waals surface area contributed by atoms with Gasteiger partial charge in [-0.25, -0.2) is 0 Å². The van der Waals surface area contributed by atoms with Gasteiger partial charge in [-0.3, -0.25) is 0 Å². The Kier molecular flexibility index (Phi) is 5.33. The molecule has 21 heavy (non-hydrogen) atoms. The number of nitrogens with one attached hydrogen (secondary N) is 1. The van der Waals surface area contributed by atoms with Gasteiger partial charge in [-0.1, -0.05) is 39.0 Å². The van der Waals surface area contributed by atoms with E-state index in [1.54, 1.807) is 0 Å². The zero-order chi connectivity index (χ0) is 15.2. The molecule has 1 N–H and O–H groups in total. The van der Waals surface area contributed by atoms with Crippen molar-refractivity contribution in [2.75, 3.05) is 11.9 Å². The fourth-order valence-corrected chi connectivity index (χ4v) is 2.03. The predicted octanol–water partition coefficient (Wildman–Crippen LogP) is 4.18.